The molecule has 0 aromatic heterocycles. The van der Waals surface area contributed by atoms with Gasteiger partial charge >= 0.3 is 0 Å². The van der Waals surface area contributed by atoms with E-state index in [1.165, 1.54) is 0 Å². The summed E-state index contributed by atoms with van der Waals surface area (Å²) >= 11 is 0. The molecule has 0 bridgehead atoms. The second kappa shape index (κ2) is 7.07. The number of ether oxygens (including phenoxy) is 2. The van der Waals surface area contributed by atoms with Crippen LogP contribution in [-0.2, 0) is 11.3 Å². The molecule has 0 atom stereocenters. The minimum absolute atomic E-state index is 0.137. The number of rotatable bonds is 6. The molecule has 4 heteroatoms. The maximum absolute atomic E-state index is 5.79. The summed E-state index contributed by atoms with van der Waals surface area (Å²) in [7, 11) is 0. The molecule has 1 fully saturated rings. The van der Waals surface area contributed by atoms with Crippen molar-refractivity contribution in [3.8, 4) is 5.75 Å². The summed E-state index contributed by atoms with van der Waals surface area (Å²) in [6.07, 6.45) is 1.02. The third-order valence-corrected chi connectivity index (χ3v) is 3.79. The Bertz CT molecular complexity index is 421. The first-order valence-electron chi connectivity index (χ1n) is 7.36. The quantitative estimate of drug-likeness (QED) is 0.809. The van der Waals surface area contributed by atoms with Crippen molar-refractivity contribution >= 4 is 0 Å². The molecule has 1 aliphatic heterocycles. The van der Waals surface area contributed by atoms with Crippen LogP contribution in [0.1, 0.15) is 25.8 Å². The number of nitrogens with two attached hydrogens (primary N) is 1. The van der Waals surface area contributed by atoms with Crippen LogP contribution in [0.15, 0.2) is 24.3 Å². The van der Waals surface area contributed by atoms with Crippen molar-refractivity contribution in [2.75, 3.05) is 32.9 Å². The molecule has 2 rings (SSSR count). The molecule has 1 aromatic carbocycles. The second-order valence-electron chi connectivity index (χ2n) is 5.91. The van der Waals surface area contributed by atoms with Gasteiger partial charge in [-0.05, 0) is 38.0 Å². The molecule has 0 radical (unpaired) electrons. The van der Waals surface area contributed by atoms with Gasteiger partial charge in [0.1, 0.15) is 5.75 Å². The fraction of sp³-hybridized carbons (Fsp3) is 0.625. The van der Waals surface area contributed by atoms with E-state index in [2.05, 4.69) is 18.7 Å². The van der Waals surface area contributed by atoms with Gasteiger partial charge in [-0.2, -0.15) is 0 Å². The topological polar surface area (TPSA) is 47.7 Å². The molecule has 1 heterocycles. The van der Waals surface area contributed by atoms with Crippen molar-refractivity contribution in [2.45, 2.75) is 32.4 Å². The summed E-state index contributed by atoms with van der Waals surface area (Å²) in [4.78, 5) is 2.48. The van der Waals surface area contributed by atoms with Gasteiger partial charge in [-0.15, -0.1) is 0 Å². The molecular formula is C16H26N2O2. The Hall–Kier alpha value is -1.10. The van der Waals surface area contributed by atoms with Crippen molar-refractivity contribution in [3.63, 3.8) is 0 Å². The lowest BCUT2D eigenvalue weighted by atomic mass is 10.0. The van der Waals surface area contributed by atoms with E-state index in [-0.39, 0.29) is 5.54 Å². The zero-order chi connectivity index (χ0) is 14.4. The van der Waals surface area contributed by atoms with Gasteiger partial charge in [0.15, 0.2) is 0 Å². The first kappa shape index (κ1) is 15.3. The van der Waals surface area contributed by atoms with E-state index in [4.69, 9.17) is 15.2 Å². The standard InChI is InChI=1S/C16H26N2O2/c1-16(2)13-19-10-8-18(16)7-4-9-20-15-6-3-5-14(11-15)12-17/h3,5-6,11H,4,7-10,12-13,17H2,1-2H3. The Morgan fingerprint density at radius 1 is 1.40 bits per heavy atom. The van der Waals surface area contributed by atoms with Crippen molar-refractivity contribution in [1.29, 1.82) is 0 Å². The largest absolute Gasteiger partial charge is 0.494 e. The fourth-order valence-corrected chi connectivity index (χ4v) is 2.51. The van der Waals surface area contributed by atoms with E-state index < -0.39 is 0 Å². The van der Waals surface area contributed by atoms with Gasteiger partial charge in [0.25, 0.3) is 0 Å². The Morgan fingerprint density at radius 3 is 3.00 bits per heavy atom. The van der Waals surface area contributed by atoms with Gasteiger partial charge in [0.2, 0.25) is 0 Å². The average molecular weight is 278 g/mol. The Balaban J connectivity index is 1.73. The maximum atomic E-state index is 5.79. The average Bonchev–Trinajstić information content (AvgIpc) is 2.45. The summed E-state index contributed by atoms with van der Waals surface area (Å²) in [5.41, 5.74) is 6.87. The van der Waals surface area contributed by atoms with E-state index in [9.17, 15) is 0 Å². The van der Waals surface area contributed by atoms with E-state index in [1.54, 1.807) is 0 Å². The van der Waals surface area contributed by atoms with Crippen LogP contribution in [0.5, 0.6) is 5.75 Å². The lowest BCUT2D eigenvalue weighted by molar-refractivity contribution is -0.0521. The van der Waals surface area contributed by atoms with Crippen molar-refractivity contribution in [1.82, 2.24) is 4.90 Å². The molecule has 0 saturated carbocycles. The second-order valence-corrected chi connectivity index (χ2v) is 5.91. The normalized spacial score (nSPS) is 18.9. The van der Waals surface area contributed by atoms with Crippen LogP contribution in [0.4, 0.5) is 0 Å². The lowest BCUT2D eigenvalue weighted by Gasteiger charge is -2.42. The number of hydrogen-bond acceptors (Lipinski definition) is 4. The van der Waals surface area contributed by atoms with Crippen LogP contribution in [0.25, 0.3) is 0 Å². The summed E-state index contributed by atoms with van der Waals surface area (Å²) < 4.78 is 11.3. The molecule has 0 amide bonds. The van der Waals surface area contributed by atoms with Crippen LogP contribution in [0, 0.1) is 0 Å². The van der Waals surface area contributed by atoms with Crippen molar-refractivity contribution < 1.29 is 9.47 Å². The third-order valence-electron chi connectivity index (χ3n) is 3.79. The number of morpholine rings is 1. The molecule has 0 spiro atoms. The van der Waals surface area contributed by atoms with Gasteiger partial charge in [0, 0.05) is 25.2 Å². The molecule has 1 aliphatic rings. The molecule has 1 saturated heterocycles. The zero-order valence-corrected chi connectivity index (χ0v) is 12.6. The first-order valence-corrected chi connectivity index (χ1v) is 7.36. The smallest absolute Gasteiger partial charge is 0.119 e. The minimum Gasteiger partial charge on any atom is -0.494 e. The first-order chi connectivity index (χ1) is 9.62. The highest BCUT2D eigenvalue weighted by Gasteiger charge is 2.29. The minimum atomic E-state index is 0.137. The highest BCUT2D eigenvalue weighted by atomic mass is 16.5. The zero-order valence-electron chi connectivity index (χ0n) is 12.6. The molecule has 0 unspecified atom stereocenters. The lowest BCUT2D eigenvalue weighted by Crippen LogP contribution is -2.53. The van der Waals surface area contributed by atoms with Crippen molar-refractivity contribution in [3.05, 3.63) is 29.8 Å². The van der Waals surface area contributed by atoms with Crippen LogP contribution in [-0.4, -0.2) is 43.3 Å². The highest BCUT2D eigenvalue weighted by Crippen LogP contribution is 2.19. The van der Waals surface area contributed by atoms with Crippen LogP contribution in [0.2, 0.25) is 0 Å². The highest BCUT2D eigenvalue weighted by molar-refractivity contribution is 5.28. The van der Waals surface area contributed by atoms with Crippen LogP contribution >= 0.6 is 0 Å². The monoisotopic (exact) mass is 278 g/mol. The van der Waals surface area contributed by atoms with Crippen LogP contribution < -0.4 is 10.5 Å². The summed E-state index contributed by atoms with van der Waals surface area (Å²) in [6, 6.07) is 8.00. The van der Waals surface area contributed by atoms with Gasteiger partial charge in [-0.1, -0.05) is 12.1 Å². The van der Waals surface area contributed by atoms with Gasteiger partial charge in [-0.25, -0.2) is 0 Å². The molecule has 112 valence electrons. The predicted molar refractivity (Wildman–Crippen MR) is 80.9 cm³/mol. The number of hydrogen-bond donors (Lipinski definition) is 1. The van der Waals surface area contributed by atoms with E-state index >= 15 is 0 Å². The van der Waals surface area contributed by atoms with Gasteiger partial charge < -0.3 is 15.2 Å². The molecule has 4 nitrogen and oxygen atoms in total. The molecule has 1 aromatic rings. The van der Waals surface area contributed by atoms with E-state index in [0.717, 1.165) is 50.6 Å². The Kier molecular flexibility index (Phi) is 5.40. The maximum Gasteiger partial charge on any atom is 0.119 e. The predicted octanol–water partition coefficient (Wildman–Crippen LogP) is 2.03. The van der Waals surface area contributed by atoms with Crippen molar-refractivity contribution in [2.24, 2.45) is 5.73 Å². The van der Waals surface area contributed by atoms with Gasteiger partial charge in [0.05, 0.1) is 19.8 Å². The van der Waals surface area contributed by atoms with Crippen LogP contribution in [0.3, 0.4) is 0 Å². The Morgan fingerprint density at radius 2 is 2.25 bits per heavy atom. The molecular weight excluding hydrogens is 252 g/mol. The summed E-state index contributed by atoms with van der Waals surface area (Å²) in [6.45, 7) is 9.47. The summed E-state index contributed by atoms with van der Waals surface area (Å²) in [5.74, 6) is 0.911. The summed E-state index contributed by atoms with van der Waals surface area (Å²) in [5, 5.41) is 0. The molecule has 2 N–H and O–H groups in total. The fourth-order valence-electron chi connectivity index (χ4n) is 2.51. The van der Waals surface area contributed by atoms with Gasteiger partial charge in [-0.3, -0.25) is 4.90 Å². The molecule has 20 heavy (non-hydrogen) atoms. The molecule has 0 aliphatic carbocycles. The van der Waals surface area contributed by atoms with E-state index in [0.29, 0.717) is 6.54 Å². The number of nitrogens with zero attached hydrogens (tertiary/aromatic N) is 1. The Labute approximate surface area is 121 Å². The van der Waals surface area contributed by atoms with E-state index in [1.807, 2.05) is 24.3 Å². The third kappa shape index (κ3) is 4.20. The SMILES string of the molecule is CC1(C)COCCN1CCCOc1cccc(CN)c1. The number of benzene rings is 1.